The zero-order valence-electron chi connectivity index (χ0n) is 16.3. The third kappa shape index (κ3) is 4.14. The Hall–Kier alpha value is -1.37. The number of ketones is 1. The molecule has 2 fully saturated rings. The summed E-state index contributed by atoms with van der Waals surface area (Å²) in [5, 5.41) is 12.4. The lowest BCUT2D eigenvalue weighted by Gasteiger charge is -2.28. The molecule has 0 spiro atoms. The average Bonchev–Trinajstić information content (AvgIpc) is 3.45. The van der Waals surface area contributed by atoms with Crippen LogP contribution in [-0.4, -0.2) is 58.1 Å². The molecule has 1 aromatic rings. The van der Waals surface area contributed by atoms with Crippen LogP contribution in [0.5, 0.6) is 0 Å². The summed E-state index contributed by atoms with van der Waals surface area (Å²) in [5.41, 5.74) is 2.92. The number of carbonyl (C=O) groups excluding carboxylic acids is 2. The molecule has 2 aliphatic heterocycles. The van der Waals surface area contributed by atoms with Crippen molar-refractivity contribution in [3.8, 4) is 0 Å². The lowest BCUT2D eigenvalue weighted by Crippen LogP contribution is -2.51. The molecule has 6 heteroatoms. The summed E-state index contributed by atoms with van der Waals surface area (Å²) in [6, 6.07) is 8.13. The van der Waals surface area contributed by atoms with E-state index in [9.17, 15) is 14.7 Å². The number of hydrogen-bond acceptors (Lipinski definition) is 5. The maximum Gasteiger partial charge on any atom is 0.241 e. The van der Waals surface area contributed by atoms with Gasteiger partial charge in [0.15, 0.2) is 0 Å². The van der Waals surface area contributed by atoms with Gasteiger partial charge in [0.2, 0.25) is 5.91 Å². The highest BCUT2D eigenvalue weighted by molar-refractivity contribution is 8.00. The van der Waals surface area contributed by atoms with E-state index < -0.39 is 6.04 Å². The Bertz CT molecular complexity index is 700. The van der Waals surface area contributed by atoms with Crippen LogP contribution in [-0.2, 0) is 22.4 Å². The van der Waals surface area contributed by atoms with Crippen molar-refractivity contribution < 1.29 is 14.7 Å². The molecule has 0 saturated carbocycles. The van der Waals surface area contributed by atoms with Crippen molar-refractivity contribution in [2.45, 2.75) is 62.3 Å². The molecular weight excluding hydrogens is 372 g/mol. The Balaban J connectivity index is 1.26. The zero-order chi connectivity index (χ0) is 19.5. The van der Waals surface area contributed by atoms with E-state index in [1.54, 1.807) is 16.7 Å². The van der Waals surface area contributed by atoms with Gasteiger partial charge in [-0.05, 0) is 55.6 Å². The second-order valence-corrected chi connectivity index (χ2v) is 9.46. The van der Waals surface area contributed by atoms with Gasteiger partial charge in [-0.2, -0.15) is 0 Å². The van der Waals surface area contributed by atoms with Gasteiger partial charge in [0.25, 0.3) is 0 Å². The Morgan fingerprint density at radius 3 is 2.68 bits per heavy atom. The van der Waals surface area contributed by atoms with E-state index in [0.29, 0.717) is 24.8 Å². The molecule has 152 valence electrons. The van der Waals surface area contributed by atoms with Gasteiger partial charge in [-0.15, -0.1) is 11.8 Å². The third-order valence-corrected chi connectivity index (χ3v) is 7.72. The fraction of sp³-hybridized carbons (Fsp3) is 0.636. The van der Waals surface area contributed by atoms with Crippen molar-refractivity contribution in [3.63, 3.8) is 0 Å². The minimum absolute atomic E-state index is 0.00793. The molecule has 1 aliphatic carbocycles. The number of thioether (sulfide) groups is 1. The molecule has 0 radical (unpaired) electrons. The van der Waals surface area contributed by atoms with Crippen LogP contribution in [0.2, 0.25) is 0 Å². The Kier molecular flexibility index (Phi) is 6.38. The van der Waals surface area contributed by atoms with Crippen molar-refractivity contribution >= 4 is 23.5 Å². The highest BCUT2D eigenvalue weighted by atomic mass is 32.2. The maximum absolute atomic E-state index is 12.9. The van der Waals surface area contributed by atoms with Gasteiger partial charge in [0.1, 0.15) is 11.8 Å². The number of aliphatic hydroxyl groups excluding tert-OH is 1. The number of rotatable bonds is 7. The summed E-state index contributed by atoms with van der Waals surface area (Å²) in [5.74, 6) is 1.48. The molecule has 0 aromatic heterocycles. The summed E-state index contributed by atoms with van der Waals surface area (Å²) in [6.07, 6.45) is 6.57. The summed E-state index contributed by atoms with van der Waals surface area (Å²) in [6.45, 7) is 0.698. The first kappa shape index (κ1) is 19.9. The second-order valence-electron chi connectivity index (χ2n) is 8.33. The van der Waals surface area contributed by atoms with E-state index in [-0.39, 0.29) is 29.6 Å². The van der Waals surface area contributed by atoms with Crippen molar-refractivity contribution in [2.75, 3.05) is 19.0 Å². The minimum Gasteiger partial charge on any atom is -0.394 e. The van der Waals surface area contributed by atoms with Gasteiger partial charge in [0, 0.05) is 18.8 Å². The molecule has 2 heterocycles. The number of hydrogen-bond donors (Lipinski definition) is 2. The predicted molar refractivity (Wildman–Crippen MR) is 111 cm³/mol. The first-order valence-corrected chi connectivity index (χ1v) is 11.6. The monoisotopic (exact) mass is 402 g/mol. The topological polar surface area (TPSA) is 69.6 Å². The SMILES string of the molecule is O=C(CCCC1Cc2ccccc2C1)C1SCN[C@@H]1C(=O)N1CCC[C@H]1CO. The Morgan fingerprint density at radius 1 is 1.21 bits per heavy atom. The largest absolute Gasteiger partial charge is 0.394 e. The normalized spacial score (nSPS) is 27.3. The van der Waals surface area contributed by atoms with E-state index in [2.05, 4.69) is 29.6 Å². The summed E-state index contributed by atoms with van der Waals surface area (Å²) >= 11 is 1.56. The molecule has 4 rings (SSSR count). The lowest BCUT2D eigenvalue weighted by atomic mass is 9.96. The summed E-state index contributed by atoms with van der Waals surface area (Å²) in [7, 11) is 0. The molecule has 2 N–H and O–H groups in total. The second kappa shape index (κ2) is 8.97. The van der Waals surface area contributed by atoms with Crippen LogP contribution >= 0.6 is 11.8 Å². The first-order valence-electron chi connectivity index (χ1n) is 10.5. The van der Waals surface area contributed by atoms with Gasteiger partial charge in [-0.25, -0.2) is 0 Å². The number of likely N-dealkylation sites (tertiary alicyclic amines) is 1. The standard InChI is InChI=1S/C22H30N2O3S/c25-13-18-8-4-10-24(18)22(27)20-21(28-14-23-20)19(26)9-3-5-15-11-16-6-1-2-7-17(16)12-15/h1-2,6-7,15,18,20-21,23,25H,3-5,8-14H2/t18-,20-,21?/m0/s1. The van der Waals surface area contributed by atoms with Crippen molar-refractivity contribution in [2.24, 2.45) is 5.92 Å². The fourth-order valence-corrected chi connectivity index (χ4v) is 6.15. The predicted octanol–water partition coefficient (Wildman–Crippen LogP) is 2.16. The summed E-state index contributed by atoms with van der Waals surface area (Å²) < 4.78 is 0. The van der Waals surface area contributed by atoms with Gasteiger partial charge >= 0.3 is 0 Å². The van der Waals surface area contributed by atoms with E-state index >= 15 is 0 Å². The van der Waals surface area contributed by atoms with E-state index in [4.69, 9.17) is 0 Å². The van der Waals surface area contributed by atoms with Crippen LogP contribution in [0.15, 0.2) is 24.3 Å². The van der Waals surface area contributed by atoms with E-state index in [1.807, 2.05) is 0 Å². The zero-order valence-corrected chi connectivity index (χ0v) is 17.1. The molecule has 0 bridgehead atoms. The molecule has 5 nitrogen and oxygen atoms in total. The van der Waals surface area contributed by atoms with Crippen molar-refractivity contribution in [1.82, 2.24) is 10.2 Å². The average molecular weight is 403 g/mol. The lowest BCUT2D eigenvalue weighted by molar-refractivity contribution is -0.136. The van der Waals surface area contributed by atoms with Gasteiger partial charge in [-0.1, -0.05) is 24.3 Å². The van der Waals surface area contributed by atoms with Gasteiger partial charge < -0.3 is 10.0 Å². The third-order valence-electron chi connectivity index (χ3n) is 6.49. The number of nitrogens with one attached hydrogen (secondary N) is 1. The molecule has 1 unspecified atom stereocenters. The number of amides is 1. The summed E-state index contributed by atoms with van der Waals surface area (Å²) in [4.78, 5) is 27.5. The number of aliphatic hydroxyl groups is 1. The molecule has 1 amide bonds. The highest BCUT2D eigenvalue weighted by Crippen LogP contribution is 2.31. The van der Waals surface area contributed by atoms with Crippen LogP contribution in [0.4, 0.5) is 0 Å². The van der Waals surface area contributed by atoms with Crippen LogP contribution in [0, 0.1) is 5.92 Å². The van der Waals surface area contributed by atoms with Gasteiger partial charge in [0.05, 0.1) is 17.9 Å². The molecule has 3 atom stereocenters. The molecule has 28 heavy (non-hydrogen) atoms. The molecule has 2 saturated heterocycles. The highest BCUT2D eigenvalue weighted by Gasteiger charge is 2.42. The van der Waals surface area contributed by atoms with Crippen LogP contribution in [0.25, 0.3) is 0 Å². The van der Waals surface area contributed by atoms with Crippen molar-refractivity contribution in [3.05, 3.63) is 35.4 Å². The number of fused-ring (bicyclic) bond motifs is 1. The quantitative estimate of drug-likeness (QED) is 0.731. The fourth-order valence-electron chi connectivity index (χ4n) is 4.98. The van der Waals surface area contributed by atoms with Crippen molar-refractivity contribution in [1.29, 1.82) is 0 Å². The van der Waals surface area contributed by atoms with Crippen LogP contribution in [0.3, 0.4) is 0 Å². The molecular formula is C22H30N2O3S. The maximum atomic E-state index is 12.9. The molecule has 1 aromatic carbocycles. The number of nitrogens with zero attached hydrogens (tertiary/aromatic N) is 1. The smallest absolute Gasteiger partial charge is 0.241 e. The molecule has 3 aliphatic rings. The van der Waals surface area contributed by atoms with E-state index in [1.165, 1.54) is 11.1 Å². The number of carbonyl (C=O) groups is 2. The first-order chi connectivity index (χ1) is 13.7. The number of benzene rings is 1. The minimum atomic E-state index is -0.430. The van der Waals surface area contributed by atoms with Gasteiger partial charge in [-0.3, -0.25) is 14.9 Å². The van der Waals surface area contributed by atoms with E-state index in [0.717, 1.165) is 38.5 Å². The van der Waals surface area contributed by atoms with Crippen LogP contribution < -0.4 is 5.32 Å². The Morgan fingerprint density at radius 2 is 1.96 bits per heavy atom. The van der Waals surface area contributed by atoms with Crippen LogP contribution in [0.1, 0.15) is 43.2 Å². The Labute approximate surface area is 171 Å². The number of Topliss-reactive ketones (excluding diaryl/α,β-unsaturated/α-hetero) is 1.